The van der Waals surface area contributed by atoms with Crippen molar-refractivity contribution in [3.8, 4) is 0 Å². The number of benzene rings is 1. The van der Waals surface area contributed by atoms with E-state index in [-0.39, 0.29) is 0 Å². The van der Waals surface area contributed by atoms with Gasteiger partial charge in [-0.25, -0.2) is 0 Å². The topological polar surface area (TPSA) is 32.3 Å². The van der Waals surface area contributed by atoms with E-state index < -0.39 is 6.23 Å². The molecule has 1 aromatic rings. The summed E-state index contributed by atoms with van der Waals surface area (Å²) in [5.74, 6) is 0. The van der Waals surface area contributed by atoms with E-state index in [2.05, 4.69) is 5.32 Å². The molecule has 0 saturated carbocycles. The molecule has 0 aromatic heterocycles. The van der Waals surface area contributed by atoms with Gasteiger partial charge in [0.05, 0.1) is 0 Å². The zero-order valence-corrected chi connectivity index (χ0v) is 9.44. The van der Waals surface area contributed by atoms with Crippen LogP contribution in [0.4, 0.5) is 0 Å². The van der Waals surface area contributed by atoms with E-state index in [0.29, 0.717) is 23.0 Å². The second-order valence-electron chi connectivity index (χ2n) is 3.01. The van der Waals surface area contributed by atoms with E-state index in [1.807, 2.05) is 6.92 Å². The number of hydrogen-bond acceptors (Lipinski definition) is 2. The standard InChI is InChI=1S/C10H13Cl2NO/c1-2-10(14)13-6-7-8(11)4-3-5-9(7)12/h3-5,10,13-14H,2,6H2,1H3. The highest BCUT2D eigenvalue weighted by Crippen LogP contribution is 2.23. The summed E-state index contributed by atoms with van der Waals surface area (Å²) in [6.45, 7) is 2.37. The molecule has 0 radical (unpaired) electrons. The Morgan fingerprint density at radius 1 is 1.36 bits per heavy atom. The minimum Gasteiger partial charge on any atom is -0.379 e. The van der Waals surface area contributed by atoms with E-state index in [4.69, 9.17) is 23.2 Å². The molecule has 0 aliphatic carbocycles. The molecule has 1 aromatic carbocycles. The Bertz CT molecular complexity index is 284. The fraction of sp³-hybridized carbons (Fsp3) is 0.400. The van der Waals surface area contributed by atoms with Crippen molar-refractivity contribution in [3.63, 3.8) is 0 Å². The number of aliphatic hydroxyl groups is 1. The minimum atomic E-state index is -0.512. The normalized spacial score (nSPS) is 12.9. The first-order valence-electron chi connectivity index (χ1n) is 4.49. The van der Waals surface area contributed by atoms with Crippen LogP contribution >= 0.6 is 23.2 Å². The molecular formula is C10H13Cl2NO. The molecule has 1 atom stereocenters. The Morgan fingerprint density at radius 2 is 1.93 bits per heavy atom. The molecule has 0 saturated heterocycles. The summed E-state index contributed by atoms with van der Waals surface area (Å²) in [7, 11) is 0. The highest BCUT2D eigenvalue weighted by Gasteiger charge is 2.06. The summed E-state index contributed by atoms with van der Waals surface area (Å²) in [6, 6.07) is 5.36. The van der Waals surface area contributed by atoms with E-state index >= 15 is 0 Å². The first-order chi connectivity index (χ1) is 6.65. The minimum absolute atomic E-state index is 0.480. The molecule has 0 aliphatic heterocycles. The van der Waals surface area contributed by atoms with Gasteiger partial charge in [-0.3, -0.25) is 5.32 Å². The summed E-state index contributed by atoms with van der Waals surface area (Å²) in [6.07, 6.45) is 0.143. The van der Waals surface area contributed by atoms with Crippen LogP contribution < -0.4 is 5.32 Å². The molecule has 0 fully saturated rings. The molecular weight excluding hydrogens is 221 g/mol. The van der Waals surface area contributed by atoms with Crippen LogP contribution in [0.25, 0.3) is 0 Å². The molecule has 78 valence electrons. The number of hydrogen-bond donors (Lipinski definition) is 2. The summed E-state index contributed by atoms with van der Waals surface area (Å²) < 4.78 is 0. The summed E-state index contributed by atoms with van der Waals surface area (Å²) >= 11 is 11.9. The Labute approximate surface area is 93.8 Å². The second-order valence-corrected chi connectivity index (χ2v) is 3.82. The van der Waals surface area contributed by atoms with Crippen molar-refractivity contribution in [1.29, 1.82) is 0 Å². The van der Waals surface area contributed by atoms with Crippen LogP contribution in [0.5, 0.6) is 0 Å². The lowest BCUT2D eigenvalue weighted by Crippen LogP contribution is -2.27. The predicted octanol–water partition coefficient (Wildman–Crippen LogP) is 2.81. The largest absolute Gasteiger partial charge is 0.379 e. The van der Waals surface area contributed by atoms with E-state index in [1.54, 1.807) is 18.2 Å². The van der Waals surface area contributed by atoms with Crippen molar-refractivity contribution >= 4 is 23.2 Å². The Hall–Kier alpha value is -0.280. The van der Waals surface area contributed by atoms with Gasteiger partial charge in [0.15, 0.2) is 0 Å². The summed E-state index contributed by atoms with van der Waals surface area (Å²) in [5.41, 5.74) is 0.823. The van der Waals surface area contributed by atoms with Crippen molar-refractivity contribution in [2.45, 2.75) is 26.1 Å². The van der Waals surface area contributed by atoms with Gasteiger partial charge in [-0.15, -0.1) is 0 Å². The highest BCUT2D eigenvalue weighted by molar-refractivity contribution is 6.35. The average molecular weight is 234 g/mol. The quantitative estimate of drug-likeness (QED) is 0.785. The third-order valence-corrected chi connectivity index (χ3v) is 2.67. The van der Waals surface area contributed by atoms with Crippen LogP contribution in [0.2, 0.25) is 10.0 Å². The van der Waals surface area contributed by atoms with Crippen LogP contribution in [0.3, 0.4) is 0 Å². The van der Waals surface area contributed by atoms with E-state index in [1.165, 1.54) is 0 Å². The smallest absolute Gasteiger partial charge is 0.104 e. The van der Waals surface area contributed by atoms with Gasteiger partial charge in [0.25, 0.3) is 0 Å². The summed E-state index contributed by atoms with van der Waals surface area (Å²) in [5, 5.41) is 13.5. The molecule has 0 aliphatic rings. The monoisotopic (exact) mass is 233 g/mol. The number of halogens is 2. The third-order valence-electron chi connectivity index (χ3n) is 1.96. The molecule has 0 spiro atoms. The van der Waals surface area contributed by atoms with Gasteiger partial charge in [0, 0.05) is 22.2 Å². The fourth-order valence-electron chi connectivity index (χ4n) is 1.07. The van der Waals surface area contributed by atoms with Crippen molar-refractivity contribution in [2.24, 2.45) is 0 Å². The molecule has 4 heteroatoms. The van der Waals surface area contributed by atoms with Gasteiger partial charge < -0.3 is 5.11 Å². The Morgan fingerprint density at radius 3 is 2.43 bits per heavy atom. The van der Waals surface area contributed by atoms with E-state index in [0.717, 1.165) is 5.56 Å². The zero-order chi connectivity index (χ0) is 10.6. The molecule has 0 heterocycles. The lowest BCUT2D eigenvalue weighted by molar-refractivity contribution is 0.131. The molecule has 0 bridgehead atoms. The number of nitrogens with one attached hydrogen (secondary N) is 1. The van der Waals surface area contributed by atoms with Crippen LogP contribution in [-0.4, -0.2) is 11.3 Å². The lowest BCUT2D eigenvalue weighted by atomic mass is 10.2. The molecule has 2 nitrogen and oxygen atoms in total. The molecule has 0 amide bonds. The van der Waals surface area contributed by atoms with Crippen LogP contribution in [0.1, 0.15) is 18.9 Å². The Kier molecular flexibility index (Phi) is 4.69. The first kappa shape index (κ1) is 11.8. The van der Waals surface area contributed by atoms with Crippen molar-refractivity contribution in [1.82, 2.24) is 5.32 Å². The van der Waals surface area contributed by atoms with Gasteiger partial charge in [-0.1, -0.05) is 36.2 Å². The maximum absolute atomic E-state index is 9.30. The van der Waals surface area contributed by atoms with Crippen molar-refractivity contribution < 1.29 is 5.11 Å². The van der Waals surface area contributed by atoms with Crippen molar-refractivity contribution in [3.05, 3.63) is 33.8 Å². The lowest BCUT2D eigenvalue weighted by Gasteiger charge is -2.12. The maximum Gasteiger partial charge on any atom is 0.104 e. The van der Waals surface area contributed by atoms with Gasteiger partial charge in [0.2, 0.25) is 0 Å². The number of aliphatic hydroxyl groups excluding tert-OH is 1. The SMILES string of the molecule is CCC(O)NCc1c(Cl)cccc1Cl. The zero-order valence-electron chi connectivity index (χ0n) is 7.93. The van der Waals surface area contributed by atoms with Gasteiger partial charge in [-0.05, 0) is 18.6 Å². The Balaban J connectivity index is 2.66. The third kappa shape index (κ3) is 3.14. The molecule has 1 unspecified atom stereocenters. The van der Waals surface area contributed by atoms with Crippen molar-refractivity contribution in [2.75, 3.05) is 0 Å². The first-order valence-corrected chi connectivity index (χ1v) is 5.25. The number of rotatable bonds is 4. The average Bonchev–Trinajstić information content (AvgIpc) is 2.16. The van der Waals surface area contributed by atoms with Crippen LogP contribution in [-0.2, 0) is 6.54 Å². The van der Waals surface area contributed by atoms with Gasteiger partial charge in [-0.2, -0.15) is 0 Å². The fourth-order valence-corrected chi connectivity index (χ4v) is 1.60. The molecule has 2 N–H and O–H groups in total. The molecule has 14 heavy (non-hydrogen) atoms. The van der Waals surface area contributed by atoms with Crippen LogP contribution in [0.15, 0.2) is 18.2 Å². The maximum atomic E-state index is 9.30. The van der Waals surface area contributed by atoms with Gasteiger partial charge in [0.1, 0.15) is 6.23 Å². The second kappa shape index (κ2) is 5.56. The summed E-state index contributed by atoms with van der Waals surface area (Å²) in [4.78, 5) is 0. The van der Waals surface area contributed by atoms with E-state index in [9.17, 15) is 5.11 Å². The van der Waals surface area contributed by atoms with Gasteiger partial charge >= 0.3 is 0 Å². The predicted molar refractivity (Wildman–Crippen MR) is 59.6 cm³/mol. The highest BCUT2D eigenvalue weighted by atomic mass is 35.5. The van der Waals surface area contributed by atoms with Crippen LogP contribution in [0, 0.1) is 0 Å². The molecule has 1 rings (SSSR count).